The second-order valence-corrected chi connectivity index (χ2v) is 10.6. The topological polar surface area (TPSA) is 63.6 Å². The van der Waals surface area contributed by atoms with Crippen LogP contribution in [0.25, 0.3) is 0 Å². The highest BCUT2D eigenvalue weighted by atomic mass is 16.5. The van der Waals surface area contributed by atoms with E-state index in [1.807, 2.05) is 6.92 Å². The molecule has 4 bridgehead atoms. The lowest BCUT2D eigenvalue weighted by molar-refractivity contribution is -0.307. The monoisotopic (exact) mass is 360 g/mol. The van der Waals surface area contributed by atoms with Gasteiger partial charge in [-0.3, -0.25) is 9.59 Å². The number of hydrogen-bond donors (Lipinski definition) is 1. The van der Waals surface area contributed by atoms with Gasteiger partial charge in [-0.05, 0) is 74.0 Å². The predicted octanol–water partition coefficient (Wildman–Crippen LogP) is 4.07. The Bertz CT molecular complexity index is 673. The molecule has 6 rings (SSSR count). The second-order valence-electron chi connectivity index (χ2n) is 10.6. The Morgan fingerprint density at radius 1 is 1.15 bits per heavy atom. The third-order valence-corrected chi connectivity index (χ3v) is 9.90. The van der Waals surface area contributed by atoms with E-state index < -0.39 is 11.6 Å². The molecule has 144 valence electrons. The molecule has 4 aliphatic carbocycles. The lowest BCUT2D eigenvalue weighted by Crippen LogP contribution is -2.75. The molecule has 4 heteroatoms. The van der Waals surface area contributed by atoms with E-state index >= 15 is 0 Å². The highest BCUT2D eigenvalue weighted by Crippen LogP contribution is 2.72. The summed E-state index contributed by atoms with van der Waals surface area (Å²) in [5.41, 5.74) is -0.740. The maximum absolute atomic E-state index is 13.8. The fraction of sp³-hybridized carbons (Fsp3) is 0.909. The van der Waals surface area contributed by atoms with Gasteiger partial charge in [0.05, 0.1) is 12.0 Å². The van der Waals surface area contributed by atoms with Gasteiger partial charge in [0.15, 0.2) is 5.78 Å². The molecule has 0 aromatic heterocycles. The first kappa shape index (κ1) is 17.2. The minimum absolute atomic E-state index is 0.000416. The van der Waals surface area contributed by atoms with Crippen molar-refractivity contribution in [3.63, 3.8) is 0 Å². The number of ketones is 1. The Morgan fingerprint density at radius 3 is 2.62 bits per heavy atom. The molecule has 0 aromatic rings. The number of ether oxygens (including phenoxy) is 1. The van der Waals surface area contributed by atoms with Crippen LogP contribution < -0.4 is 0 Å². The van der Waals surface area contributed by atoms with Crippen molar-refractivity contribution in [2.24, 2.45) is 40.4 Å². The summed E-state index contributed by atoms with van der Waals surface area (Å²) in [6.45, 7) is 6.40. The molecular weight excluding hydrogens is 328 g/mol. The molecule has 0 unspecified atom stereocenters. The third kappa shape index (κ3) is 1.76. The van der Waals surface area contributed by atoms with Crippen molar-refractivity contribution in [1.82, 2.24) is 0 Å². The maximum atomic E-state index is 13.8. The van der Waals surface area contributed by atoms with Crippen molar-refractivity contribution >= 4 is 11.8 Å². The van der Waals surface area contributed by atoms with Crippen molar-refractivity contribution in [3.05, 3.63) is 0 Å². The quantitative estimate of drug-likeness (QED) is 0.806. The van der Waals surface area contributed by atoms with Crippen molar-refractivity contribution < 1.29 is 19.4 Å². The Balaban J connectivity index is 1.58. The highest BCUT2D eigenvalue weighted by Gasteiger charge is 2.74. The molecule has 4 saturated carbocycles. The van der Waals surface area contributed by atoms with Crippen LogP contribution in [-0.4, -0.2) is 28.6 Å². The van der Waals surface area contributed by atoms with Gasteiger partial charge in [0.2, 0.25) is 0 Å². The first-order chi connectivity index (χ1) is 12.2. The highest BCUT2D eigenvalue weighted by molar-refractivity contribution is 5.91. The zero-order valence-electron chi connectivity index (χ0n) is 16.3. The number of fused-ring (bicyclic) bond motifs is 3. The van der Waals surface area contributed by atoms with Gasteiger partial charge in [-0.2, -0.15) is 0 Å². The number of rotatable bonds is 2. The van der Waals surface area contributed by atoms with Gasteiger partial charge in [-0.25, -0.2) is 0 Å². The van der Waals surface area contributed by atoms with Crippen molar-refractivity contribution in [2.75, 3.05) is 0 Å². The summed E-state index contributed by atoms with van der Waals surface area (Å²) >= 11 is 0. The molecule has 1 spiro atoms. The first-order valence-corrected chi connectivity index (χ1v) is 10.7. The van der Waals surface area contributed by atoms with Crippen molar-refractivity contribution in [3.8, 4) is 0 Å². The van der Waals surface area contributed by atoms with E-state index in [1.165, 1.54) is 6.42 Å². The van der Waals surface area contributed by atoms with Crippen LogP contribution in [0.5, 0.6) is 0 Å². The SMILES string of the molecule is C[C@H](C(=O)O)[C@H]1CC[C@H]2[C@@H]3CC[C@H]4C[C@H]5CC[C@]4(C)[C@@]3(O5)C(=O)C[C@]12C. The van der Waals surface area contributed by atoms with E-state index in [9.17, 15) is 14.7 Å². The maximum Gasteiger partial charge on any atom is 0.306 e. The summed E-state index contributed by atoms with van der Waals surface area (Å²) in [4.78, 5) is 25.5. The molecule has 2 aliphatic heterocycles. The van der Waals surface area contributed by atoms with E-state index in [0.29, 0.717) is 30.0 Å². The van der Waals surface area contributed by atoms with E-state index in [1.54, 1.807) is 0 Å². The number of carboxylic acid groups (broad SMARTS) is 1. The number of carbonyl (C=O) groups excluding carboxylic acids is 1. The molecular formula is C22H32O4. The minimum atomic E-state index is -0.715. The van der Waals surface area contributed by atoms with Crippen molar-refractivity contribution in [1.29, 1.82) is 0 Å². The predicted molar refractivity (Wildman–Crippen MR) is 96.5 cm³/mol. The van der Waals surface area contributed by atoms with E-state index in [0.717, 1.165) is 38.5 Å². The normalized spacial score (nSPS) is 56.0. The number of hydrogen-bond acceptors (Lipinski definition) is 3. The van der Waals surface area contributed by atoms with Crippen LogP contribution in [-0.2, 0) is 14.3 Å². The van der Waals surface area contributed by atoms with Gasteiger partial charge < -0.3 is 9.84 Å². The molecule has 0 aromatic carbocycles. The summed E-state index contributed by atoms with van der Waals surface area (Å²) in [6.07, 6.45) is 8.48. The first-order valence-electron chi connectivity index (χ1n) is 10.7. The molecule has 0 radical (unpaired) electrons. The van der Waals surface area contributed by atoms with Gasteiger partial charge in [0.25, 0.3) is 0 Å². The van der Waals surface area contributed by atoms with Gasteiger partial charge in [-0.15, -0.1) is 0 Å². The van der Waals surface area contributed by atoms with Crippen LogP contribution in [0.15, 0.2) is 0 Å². The summed E-state index contributed by atoms with van der Waals surface area (Å²) in [5, 5.41) is 9.60. The number of carbonyl (C=O) groups is 2. The van der Waals surface area contributed by atoms with Crippen LogP contribution in [0, 0.1) is 40.4 Å². The Morgan fingerprint density at radius 2 is 1.88 bits per heavy atom. The lowest BCUT2D eigenvalue weighted by atomic mass is 9.40. The van der Waals surface area contributed by atoms with Gasteiger partial charge in [0, 0.05) is 11.8 Å². The Hall–Kier alpha value is -0.900. The zero-order chi connectivity index (χ0) is 18.5. The van der Waals surface area contributed by atoms with Crippen LogP contribution in [0.4, 0.5) is 0 Å². The molecule has 26 heavy (non-hydrogen) atoms. The zero-order valence-corrected chi connectivity index (χ0v) is 16.3. The fourth-order valence-corrected chi connectivity index (χ4v) is 8.65. The fourth-order valence-electron chi connectivity index (χ4n) is 8.65. The Labute approximate surface area is 156 Å². The van der Waals surface area contributed by atoms with Gasteiger partial charge >= 0.3 is 5.97 Å². The molecule has 6 aliphatic rings. The summed E-state index contributed by atoms with van der Waals surface area (Å²) in [6, 6.07) is 0. The average Bonchev–Trinajstić information content (AvgIpc) is 2.90. The number of Topliss-reactive ketones (excluding diaryl/α,β-unsaturated/α-hetero) is 1. The molecule has 1 N–H and O–H groups in total. The average molecular weight is 360 g/mol. The van der Waals surface area contributed by atoms with E-state index in [4.69, 9.17) is 4.74 Å². The van der Waals surface area contributed by atoms with Gasteiger partial charge in [-0.1, -0.05) is 20.8 Å². The van der Waals surface area contributed by atoms with Crippen LogP contribution in [0.2, 0.25) is 0 Å². The van der Waals surface area contributed by atoms with E-state index in [-0.39, 0.29) is 28.8 Å². The van der Waals surface area contributed by atoms with Crippen LogP contribution in [0.1, 0.15) is 72.1 Å². The lowest BCUT2D eigenvalue weighted by Gasteiger charge is -2.70. The standard InChI is InChI=1S/C22H32O4/c1-12(19(24)25)15-6-7-16-17-5-4-13-10-14-8-9-21(13,3)22(17,26-14)18(23)11-20(15,16)2/h12-17H,4-11H2,1-3H3,(H,24,25)/t12-,13-,14+,15+,16-,17-,20+,21-,22-/m0/s1. The molecule has 2 heterocycles. The summed E-state index contributed by atoms with van der Waals surface area (Å²) in [5.74, 6) is 0.693. The van der Waals surface area contributed by atoms with Gasteiger partial charge in [0.1, 0.15) is 5.60 Å². The summed E-state index contributed by atoms with van der Waals surface area (Å²) < 4.78 is 6.69. The molecule has 6 fully saturated rings. The molecule has 2 saturated heterocycles. The number of carboxylic acids is 1. The van der Waals surface area contributed by atoms with E-state index in [2.05, 4.69) is 13.8 Å². The van der Waals surface area contributed by atoms with Crippen molar-refractivity contribution in [2.45, 2.75) is 83.8 Å². The second kappa shape index (κ2) is 5.12. The minimum Gasteiger partial charge on any atom is -0.481 e. The van der Waals surface area contributed by atoms with Crippen LogP contribution in [0.3, 0.4) is 0 Å². The molecule has 0 amide bonds. The largest absolute Gasteiger partial charge is 0.481 e. The smallest absolute Gasteiger partial charge is 0.306 e. The van der Waals surface area contributed by atoms with Crippen LogP contribution >= 0.6 is 0 Å². The molecule has 9 atom stereocenters. The Kier molecular flexibility index (Phi) is 3.39. The summed E-state index contributed by atoms with van der Waals surface area (Å²) in [7, 11) is 0. The number of aliphatic carboxylic acids is 1. The molecule has 4 nitrogen and oxygen atoms in total. The third-order valence-electron chi connectivity index (χ3n) is 9.90.